The average molecular weight is 367 g/mol. The van der Waals surface area contributed by atoms with Gasteiger partial charge in [-0.25, -0.2) is 4.98 Å². The molecule has 1 aliphatic rings. The van der Waals surface area contributed by atoms with Crippen LogP contribution in [0.15, 0.2) is 60.7 Å². The van der Waals surface area contributed by atoms with Gasteiger partial charge in [0.15, 0.2) is 13.1 Å². The molecule has 0 amide bonds. The molecular weight excluding hydrogens is 345 g/mol. The molecule has 0 unspecified atom stereocenters. The first-order valence-electron chi connectivity index (χ1n) is 10.0. The van der Waals surface area contributed by atoms with E-state index in [1.54, 1.807) is 0 Å². The lowest BCUT2D eigenvalue weighted by Gasteiger charge is -2.28. The molecule has 0 bridgehead atoms. The summed E-state index contributed by atoms with van der Waals surface area (Å²) < 4.78 is 1.83. The molecule has 1 aromatic carbocycles. The summed E-state index contributed by atoms with van der Waals surface area (Å²) in [5.41, 5.74) is 5.11. The first kappa shape index (κ1) is 17.1. The molecule has 28 heavy (non-hydrogen) atoms. The number of hydrogen-bond acceptors (Lipinski definition) is 4. The third kappa shape index (κ3) is 2.71. The molecule has 5 nitrogen and oxygen atoms in total. The van der Waals surface area contributed by atoms with E-state index in [4.69, 9.17) is 9.97 Å². The fraction of sp³-hybridized carbons (Fsp3) is 0.273. The van der Waals surface area contributed by atoms with Crippen molar-refractivity contribution in [2.45, 2.75) is 37.9 Å². The summed E-state index contributed by atoms with van der Waals surface area (Å²) in [6.07, 6.45) is 4.58. The maximum absolute atomic E-state index is 5.07. The summed E-state index contributed by atoms with van der Waals surface area (Å²) in [6, 6.07) is 20.6. The van der Waals surface area contributed by atoms with Gasteiger partial charge in [-0.15, -0.1) is 5.10 Å². The molecule has 0 saturated heterocycles. The first-order valence-corrected chi connectivity index (χ1v) is 10.0. The van der Waals surface area contributed by atoms with E-state index in [0.717, 1.165) is 54.0 Å². The number of aromatic nitrogens is 5. The third-order valence-corrected chi connectivity index (χ3v) is 5.91. The Balaban J connectivity index is 1.64. The number of hydrogen-bond donors (Lipinski definition) is 0. The average Bonchev–Trinajstić information content (AvgIpc) is 3.42. The van der Waals surface area contributed by atoms with Crippen LogP contribution in [-0.2, 0) is 5.41 Å². The van der Waals surface area contributed by atoms with Gasteiger partial charge < -0.3 is 0 Å². The Bertz CT molecular complexity index is 1130. The Labute approximate surface area is 165 Å². The summed E-state index contributed by atoms with van der Waals surface area (Å²) in [5.74, 6) is 0.809. The van der Waals surface area contributed by atoms with Gasteiger partial charge in [-0.1, -0.05) is 55.2 Å². The van der Waals surface area contributed by atoms with Crippen LogP contribution >= 0.6 is 0 Å². The zero-order valence-electron chi connectivity index (χ0n) is 16.0. The van der Waals surface area contributed by atoms with Gasteiger partial charge in [0.2, 0.25) is 0 Å². The number of fused-ring (bicyclic) bond motifs is 1. The van der Waals surface area contributed by atoms with Gasteiger partial charge in [0.1, 0.15) is 5.52 Å². The van der Waals surface area contributed by atoms with Gasteiger partial charge in [0.25, 0.3) is 0 Å². The minimum atomic E-state index is -0.114. The Morgan fingerprint density at radius 2 is 1.61 bits per heavy atom. The van der Waals surface area contributed by atoms with Gasteiger partial charge in [-0.05, 0) is 48.8 Å². The summed E-state index contributed by atoms with van der Waals surface area (Å²) in [7, 11) is 0.947. The second-order valence-electron chi connectivity index (χ2n) is 7.53. The van der Waals surface area contributed by atoms with Crippen molar-refractivity contribution >= 4 is 23.9 Å². The van der Waals surface area contributed by atoms with Gasteiger partial charge in [0.05, 0.1) is 22.3 Å². The standard InChI is InChI=1S/C22H22BN5/c1-23-20-12-6-10-18(24-20)22(14-4-5-15-22)19-11-7-13-21(25-19)28-17-9-3-2-8-16(17)26-27-28/h2-3,6-13,23H,4-5,14-15H2,1H3. The van der Waals surface area contributed by atoms with Crippen molar-refractivity contribution in [1.82, 2.24) is 25.0 Å². The van der Waals surface area contributed by atoms with Crippen LogP contribution in [0.3, 0.4) is 0 Å². The van der Waals surface area contributed by atoms with Crippen molar-refractivity contribution in [1.29, 1.82) is 0 Å². The number of nitrogens with zero attached hydrogens (tertiary/aromatic N) is 5. The van der Waals surface area contributed by atoms with E-state index in [-0.39, 0.29) is 5.41 Å². The van der Waals surface area contributed by atoms with Crippen molar-refractivity contribution in [2.75, 3.05) is 0 Å². The van der Waals surface area contributed by atoms with Crippen LogP contribution in [0.1, 0.15) is 37.1 Å². The molecule has 3 heterocycles. The predicted octanol–water partition coefficient (Wildman–Crippen LogP) is 3.18. The van der Waals surface area contributed by atoms with E-state index in [1.807, 2.05) is 35.0 Å². The molecule has 1 aliphatic carbocycles. The van der Waals surface area contributed by atoms with Crippen LogP contribution in [0, 0.1) is 0 Å². The van der Waals surface area contributed by atoms with Crippen LogP contribution in [-0.4, -0.2) is 32.2 Å². The summed E-state index contributed by atoms with van der Waals surface area (Å²) in [4.78, 5) is 10.1. The molecule has 0 N–H and O–H groups in total. The number of rotatable bonds is 4. The molecule has 1 saturated carbocycles. The monoisotopic (exact) mass is 367 g/mol. The van der Waals surface area contributed by atoms with Gasteiger partial charge in [-0.3, -0.25) is 4.98 Å². The van der Waals surface area contributed by atoms with Crippen molar-refractivity contribution in [3.8, 4) is 5.82 Å². The molecule has 0 radical (unpaired) electrons. The van der Waals surface area contributed by atoms with E-state index < -0.39 is 0 Å². The molecule has 0 atom stereocenters. The lowest BCUT2D eigenvalue weighted by molar-refractivity contribution is 0.502. The zero-order chi connectivity index (χ0) is 19.0. The Kier molecular flexibility index (Phi) is 4.19. The van der Waals surface area contributed by atoms with E-state index in [9.17, 15) is 0 Å². The highest BCUT2D eigenvalue weighted by Gasteiger charge is 2.40. The Morgan fingerprint density at radius 3 is 2.43 bits per heavy atom. The second kappa shape index (κ2) is 6.86. The van der Waals surface area contributed by atoms with Crippen molar-refractivity contribution in [3.63, 3.8) is 0 Å². The minimum Gasteiger partial charge on any atom is -0.267 e. The quantitative estimate of drug-likeness (QED) is 0.520. The summed E-state index contributed by atoms with van der Waals surface area (Å²) in [6.45, 7) is 2.15. The normalized spacial score (nSPS) is 15.8. The highest BCUT2D eigenvalue weighted by molar-refractivity contribution is 6.50. The summed E-state index contributed by atoms with van der Waals surface area (Å²) >= 11 is 0. The van der Waals surface area contributed by atoms with Crippen molar-refractivity contribution in [2.24, 2.45) is 0 Å². The van der Waals surface area contributed by atoms with E-state index in [1.165, 1.54) is 12.8 Å². The van der Waals surface area contributed by atoms with Crippen LogP contribution < -0.4 is 5.59 Å². The molecule has 0 spiro atoms. The SMILES string of the molecule is CBc1cccc(C2(c3cccc(-n4nnc5ccccc54)n3)CCCC2)n1. The largest absolute Gasteiger partial charge is 0.267 e. The minimum absolute atomic E-state index is 0.114. The van der Waals surface area contributed by atoms with Gasteiger partial charge in [-0.2, -0.15) is 4.68 Å². The maximum Gasteiger partial charge on any atom is 0.179 e. The second-order valence-corrected chi connectivity index (χ2v) is 7.53. The molecule has 6 heteroatoms. The van der Waals surface area contributed by atoms with Crippen LogP contribution in [0.5, 0.6) is 0 Å². The van der Waals surface area contributed by atoms with Crippen molar-refractivity contribution in [3.05, 3.63) is 72.1 Å². The topological polar surface area (TPSA) is 56.5 Å². The molecule has 5 rings (SSSR count). The van der Waals surface area contributed by atoms with E-state index >= 15 is 0 Å². The van der Waals surface area contributed by atoms with Crippen molar-refractivity contribution < 1.29 is 0 Å². The highest BCUT2D eigenvalue weighted by atomic mass is 15.4. The lowest BCUT2D eigenvalue weighted by atomic mass is 9.75. The molecule has 3 aromatic heterocycles. The smallest absolute Gasteiger partial charge is 0.179 e. The maximum atomic E-state index is 5.07. The Morgan fingerprint density at radius 1 is 0.857 bits per heavy atom. The molecule has 0 aliphatic heterocycles. The van der Waals surface area contributed by atoms with E-state index in [2.05, 4.69) is 47.5 Å². The highest BCUT2D eigenvalue weighted by Crippen LogP contribution is 2.44. The fourth-order valence-corrected chi connectivity index (χ4v) is 4.41. The number of para-hydroxylation sites is 1. The predicted molar refractivity (Wildman–Crippen MR) is 113 cm³/mol. The molecule has 4 aromatic rings. The Hall–Kier alpha value is -3.02. The first-order chi connectivity index (χ1) is 13.8. The number of benzene rings is 1. The van der Waals surface area contributed by atoms with Crippen LogP contribution in [0.4, 0.5) is 0 Å². The lowest BCUT2D eigenvalue weighted by Crippen LogP contribution is -2.30. The molecular formula is C22H22BN5. The molecule has 138 valence electrons. The number of pyridine rings is 2. The summed E-state index contributed by atoms with van der Waals surface area (Å²) in [5, 5.41) is 8.63. The van der Waals surface area contributed by atoms with Crippen LogP contribution in [0.2, 0.25) is 6.82 Å². The van der Waals surface area contributed by atoms with E-state index in [0.29, 0.717) is 0 Å². The van der Waals surface area contributed by atoms with Crippen LogP contribution in [0.25, 0.3) is 16.9 Å². The zero-order valence-corrected chi connectivity index (χ0v) is 16.0. The third-order valence-electron chi connectivity index (χ3n) is 5.91. The fourth-order valence-electron chi connectivity index (χ4n) is 4.41. The van der Waals surface area contributed by atoms with Gasteiger partial charge >= 0.3 is 0 Å². The van der Waals surface area contributed by atoms with Gasteiger partial charge in [0, 0.05) is 0 Å². The molecule has 1 fully saturated rings.